The summed E-state index contributed by atoms with van der Waals surface area (Å²) in [6, 6.07) is 12.3. The zero-order valence-corrected chi connectivity index (χ0v) is 12.0. The summed E-state index contributed by atoms with van der Waals surface area (Å²) >= 11 is 0. The SMILES string of the molecule is COc1cc(C)nc(C2=NC3c4ccccc4CC3O2)c1. The van der Waals surface area contributed by atoms with Gasteiger partial charge in [0, 0.05) is 24.2 Å². The van der Waals surface area contributed by atoms with Crippen LogP contribution in [0.1, 0.15) is 28.6 Å². The van der Waals surface area contributed by atoms with Crippen molar-refractivity contribution in [2.24, 2.45) is 4.99 Å². The number of hydrogen-bond donors (Lipinski definition) is 0. The van der Waals surface area contributed by atoms with Crippen LogP contribution >= 0.6 is 0 Å². The normalized spacial score (nSPS) is 22.3. The molecule has 0 saturated heterocycles. The number of aliphatic imine (C=N–C) groups is 1. The van der Waals surface area contributed by atoms with Crippen LogP contribution in [0, 0.1) is 6.92 Å². The summed E-state index contributed by atoms with van der Waals surface area (Å²) in [5.74, 6) is 1.41. The van der Waals surface area contributed by atoms with Gasteiger partial charge >= 0.3 is 0 Å². The molecule has 1 aliphatic carbocycles. The lowest BCUT2D eigenvalue weighted by Crippen LogP contribution is -2.14. The van der Waals surface area contributed by atoms with Crippen LogP contribution in [0.5, 0.6) is 5.75 Å². The summed E-state index contributed by atoms with van der Waals surface area (Å²) in [4.78, 5) is 9.27. The first-order chi connectivity index (χ1) is 10.2. The van der Waals surface area contributed by atoms with Crippen LogP contribution in [0.2, 0.25) is 0 Å². The topological polar surface area (TPSA) is 43.7 Å². The van der Waals surface area contributed by atoms with Gasteiger partial charge in [0.1, 0.15) is 23.6 Å². The van der Waals surface area contributed by atoms with Gasteiger partial charge < -0.3 is 9.47 Å². The van der Waals surface area contributed by atoms with Crippen molar-refractivity contribution in [3.05, 3.63) is 58.9 Å². The van der Waals surface area contributed by atoms with E-state index < -0.39 is 0 Å². The highest BCUT2D eigenvalue weighted by molar-refractivity contribution is 5.94. The van der Waals surface area contributed by atoms with Crippen LogP contribution in [0.3, 0.4) is 0 Å². The quantitative estimate of drug-likeness (QED) is 0.849. The Labute approximate surface area is 123 Å². The molecule has 2 heterocycles. The van der Waals surface area contributed by atoms with Crippen molar-refractivity contribution in [2.45, 2.75) is 25.5 Å². The standard InChI is InChI=1S/C17H16N2O2/c1-10-7-12(20-2)9-14(18-10)17-19-16-13-6-4-3-5-11(13)8-15(16)21-17/h3-7,9,15-16H,8H2,1-2H3. The lowest BCUT2D eigenvalue weighted by Gasteiger charge is -2.09. The minimum atomic E-state index is 0.101. The van der Waals surface area contributed by atoms with E-state index in [2.05, 4.69) is 29.2 Å². The Bertz CT molecular complexity index is 739. The molecule has 0 amide bonds. The van der Waals surface area contributed by atoms with Gasteiger partial charge in [-0.25, -0.2) is 9.98 Å². The molecule has 2 unspecified atom stereocenters. The predicted molar refractivity (Wildman–Crippen MR) is 79.8 cm³/mol. The first-order valence-electron chi connectivity index (χ1n) is 7.10. The minimum Gasteiger partial charge on any atom is -0.497 e. The van der Waals surface area contributed by atoms with E-state index in [1.54, 1.807) is 7.11 Å². The zero-order valence-electron chi connectivity index (χ0n) is 12.0. The van der Waals surface area contributed by atoms with Crippen LogP contribution < -0.4 is 4.74 Å². The van der Waals surface area contributed by atoms with Gasteiger partial charge in [0.05, 0.1) is 7.11 Å². The van der Waals surface area contributed by atoms with Crippen molar-refractivity contribution in [1.82, 2.24) is 4.98 Å². The number of nitrogens with zero attached hydrogens (tertiary/aromatic N) is 2. The Balaban J connectivity index is 1.72. The van der Waals surface area contributed by atoms with E-state index in [0.717, 1.165) is 23.6 Å². The lowest BCUT2D eigenvalue weighted by molar-refractivity contribution is 0.206. The van der Waals surface area contributed by atoms with E-state index in [1.807, 2.05) is 19.1 Å². The minimum absolute atomic E-state index is 0.101. The van der Waals surface area contributed by atoms with E-state index in [1.165, 1.54) is 11.1 Å². The molecule has 0 saturated carbocycles. The van der Waals surface area contributed by atoms with Crippen molar-refractivity contribution >= 4 is 5.90 Å². The Morgan fingerprint density at radius 2 is 2.10 bits per heavy atom. The Hall–Kier alpha value is -2.36. The highest BCUT2D eigenvalue weighted by Crippen LogP contribution is 2.40. The molecule has 4 heteroatoms. The summed E-state index contributed by atoms with van der Waals surface area (Å²) in [5, 5.41) is 0. The number of ether oxygens (including phenoxy) is 2. The maximum atomic E-state index is 6.04. The van der Waals surface area contributed by atoms with Gasteiger partial charge in [0.25, 0.3) is 0 Å². The van der Waals surface area contributed by atoms with Crippen molar-refractivity contribution in [1.29, 1.82) is 0 Å². The van der Waals surface area contributed by atoms with Gasteiger partial charge in [-0.1, -0.05) is 24.3 Å². The number of aromatic nitrogens is 1. The smallest absolute Gasteiger partial charge is 0.236 e. The molecule has 4 nitrogen and oxygen atoms in total. The highest BCUT2D eigenvalue weighted by Gasteiger charge is 2.39. The third-order valence-electron chi connectivity index (χ3n) is 4.05. The van der Waals surface area contributed by atoms with Crippen LogP contribution in [0.4, 0.5) is 0 Å². The number of pyridine rings is 1. The molecule has 1 aliphatic heterocycles. The molecule has 0 spiro atoms. The number of benzene rings is 1. The van der Waals surface area contributed by atoms with Crippen LogP contribution in [-0.4, -0.2) is 24.1 Å². The zero-order chi connectivity index (χ0) is 14.4. The summed E-state index contributed by atoms with van der Waals surface area (Å²) in [6.45, 7) is 1.94. The maximum Gasteiger partial charge on any atom is 0.236 e. The molecule has 1 aromatic heterocycles. The first-order valence-corrected chi connectivity index (χ1v) is 7.10. The predicted octanol–water partition coefficient (Wildman–Crippen LogP) is 2.84. The molecule has 2 atom stereocenters. The van der Waals surface area contributed by atoms with E-state index in [-0.39, 0.29) is 12.1 Å². The number of rotatable bonds is 2. The van der Waals surface area contributed by atoms with Gasteiger partial charge in [-0.2, -0.15) is 0 Å². The summed E-state index contributed by atoms with van der Waals surface area (Å²) in [7, 11) is 1.65. The molecule has 4 rings (SSSR count). The van der Waals surface area contributed by atoms with Crippen LogP contribution in [-0.2, 0) is 11.2 Å². The molecular weight excluding hydrogens is 264 g/mol. The molecule has 2 aliphatic rings. The van der Waals surface area contributed by atoms with Gasteiger partial charge in [-0.05, 0) is 18.1 Å². The highest BCUT2D eigenvalue weighted by atomic mass is 16.5. The second kappa shape index (κ2) is 4.58. The number of hydrogen-bond acceptors (Lipinski definition) is 4. The van der Waals surface area contributed by atoms with Crippen molar-refractivity contribution in [3.8, 4) is 5.75 Å². The fourth-order valence-electron chi connectivity index (χ4n) is 3.09. The Kier molecular flexibility index (Phi) is 2.70. The average molecular weight is 280 g/mol. The van der Waals surface area contributed by atoms with Gasteiger partial charge in [-0.15, -0.1) is 0 Å². The summed E-state index contributed by atoms with van der Waals surface area (Å²) in [5.41, 5.74) is 4.26. The fraction of sp³-hybridized carbons (Fsp3) is 0.294. The largest absolute Gasteiger partial charge is 0.497 e. The molecule has 0 fully saturated rings. The molecule has 0 bridgehead atoms. The number of aryl methyl sites for hydroxylation is 1. The Morgan fingerprint density at radius 3 is 2.95 bits per heavy atom. The molecule has 2 aromatic rings. The second-order valence-corrected chi connectivity index (χ2v) is 5.47. The van der Waals surface area contributed by atoms with Gasteiger partial charge in [0.15, 0.2) is 0 Å². The number of fused-ring (bicyclic) bond motifs is 3. The third-order valence-corrected chi connectivity index (χ3v) is 4.05. The van der Waals surface area contributed by atoms with Crippen LogP contribution in [0.15, 0.2) is 41.4 Å². The number of methoxy groups -OCH3 is 1. The van der Waals surface area contributed by atoms with Gasteiger partial charge in [0.2, 0.25) is 5.90 Å². The van der Waals surface area contributed by atoms with Gasteiger partial charge in [-0.3, -0.25) is 0 Å². The third kappa shape index (κ3) is 1.98. The van der Waals surface area contributed by atoms with E-state index in [0.29, 0.717) is 5.90 Å². The average Bonchev–Trinajstić information content (AvgIpc) is 3.04. The molecule has 1 aromatic carbocycles. The second-order valence-electron chi connectivity index (χ2n) is 5.47. The molecule has 21 heavy (non-hydrogen) atoms. The van der Waals surface area contributed by atoms with Crippen molar-refractivity contribution < 1.29 is 9.47 Å². The van der Waals surface area contributed by atoms with Crippen molar-refractivity contribution in [2.75, 3.05) is 7.11 Å². The summed E-state index contributed by atoms with van der Waals surface area (Å²) in [6.07, 6.45) is 1.02. The first kappa shape index (κ1) is 12.4. The van der Waals surface area contributed by atoms with Crippen LogP contribution in [0.25, 0.3) is 0 Å². The molecule has 0 radical (unpaired) electrons. The van der Waals surface area contributed by atoms with E-state index >= 15 is 0 Å². The lowest BCUT2D eigenvalue weighted by atomic mass is 10.1. The molecule has 0 N–H and O–H groups in total. The monoisotopic (exact) mass is 280 g/mol. The van der Waals surface area contributed by atoms with E-state index in [9.17, 15) is 0 Å². The molecule has 106 valence electrons. The maximum absolute atomic E-state index is 6.04. The van der Waals surface area contributed by atoms with Crippen molar-refractivity contribution in [3.63, 3.8) is 0 Å². The molecular formula is C17H16N2O2. The fourth-order valence-corrected chi connectivity index (χ4v) is 3.09. The summed E-state index contributed by atoms with van der Waals surface area (Å²) < 4.78 is 11.3. The Morgan fingerprint density at radius 1 is 1.24 bits per heavy atom. The van der Waals surface area contributed by atoms with E-state index in [4.69, 9.17) is 14.5 Å².